The SMILES string of the molecule is CCOc1c(-c2cc(N)no2)ccc(C)c1C. The number of hydrogen-bond donors (Lipinski definition) is 1. The highest BCUT2D eigenvalue weighted by molar-refractivity contribution is 5.70. The first-order valence-electron chi connectivity index (χ1n) is 5.59. The zero-order chi connectivity index (χ0) is 12.4. The third kappa shape index (κ3) is 2.11. The summed E-state index contributed by atoms with van der Waals surface area (Å²) in [6.07, 6.45) is 0. The molecule has 2 aromatic rings. The summed E-state index contributed by atoms with van der Waals surface area (Å²) in [6.45, 7) is 6.65. The highest BCUT2D eigenvalue weighted by atomic mass is 16.5. The van der Waals surface area contributed by atoms with Crippen LogP contribution in [0, 0.1) is 13.8 Å². The topological polar surface area (TPSA) is 61.3 Å². The zero-order valence-corrected chi connectivity index (χ0v) is 10.3. The second-order valence-electron chi connectivity index (χ2n) is 3.93. The Morgan fingerprint density at radius 3 is 2.71 bits per heavy atom. The van der Waals surface area contributed by atoms with Crippen LogP contribution < -0.4 is 10.5 Å². The number of aryl methyl sites for hydroxylation is 1. The third-order valence-electron chi connectivity index (χ3n) is 2.76. The van der Waals surface area contributed by atoms with Crippen LogP contribution in [0.15, 0.2) is 22.7 Å². The molecule has 0 aliphatic carbocycles. The van der Waals surface area contributed by atoms with Crippen molar-refractivity contribution < 1.29 is 9.26 Å². The average molecular weight is 232 g/mol. The van der Waals surface area contributed by atoms with Gasteiger partial charge in [-0.15, -0.1) is 0 Å². The van der Waals surface area contributed by atoms with Crippen LogP contribution >= 0.6 is 0 Å². The number of rotatable bonds is 3. The molecule has 0 spiro atoms. The summed E-state index contributed by atoms with van der Waals surface area (Å²) in [5, 5.41) is 3.69. The van der Waals surface area contributed by atoms with Gasteiger partial charge in [0.25, 0.3) is 0 Å². The number of hydrogen-bond acceptors (Lipinski definition) is 4. The minimum absolute atomic E-state index is 0.376. The monoisotopic (exact) mass is 232 g/mol. The number of ether oxygens (including phenoxy) is 1. The first-order chi connectivity index (χ1) is 8.13. The van der Waals surface area contributed by atoms with Crippen LogP contribution in [0.25, 0.3) is 11.3 Å². The molecule has 17 heavy (non-hydrogen) atoms. The normalized spacial score (nSPS) is 10.5. The van der Waals surface area contributed by atoms with E-state index in [4.69, 9.17) is 15.0 Å². The van der Waals surface area contributed by atoms with Gasteiger partial charge in [-0.2, -0.15) is 0 Å². The van der Waals surface area contributed by atoms with Crippen molar-refractivity contribution in [3.05, 3.63) is 29.3 Å². The second-order valence-corrected chi connectivity index (χ2v) is 3.93. The van der Waals surface area contributed by atoms with E-state index in [1.807, 2.05) is 26.0 Å². The van der Waals surface area contributed by atoms with Crippen molar-refractivity contribution in [2.75, 3.05) is 12.3 Å². The van der Waals surface area contributed by atoms with E-state index in [0.717, 1.165) is 16.9 Å². The van der Waals surface area contributed by atoms with Gasteiger partial charge in [-0.1, -0.05) is 11.2 Å². The maximum atomic E-state index is 5.68. The Morgan fingerprint density at radius 1 is 1.35 bits per heavy atom. The fourth-order valence-electron chi connectivity index (χ4n) is 1.73. The van der Waals surface area contributed by atoms with Crippen LogP contribution in [-0.4, -0.2) is 11.8 Å². The number of aromatic nitrogens is 1. The molecule has 0 atom stereocenters. The molecule has 0 fully saturated rings. The molecule has 2 N–H and O–H groups in total. The molecule has 0 aliphatic heterocycles. The minimum Gasteiger partial charge on any atom is -0.493 e. The Hall–Kier alpha value is -1.97. The number of nitrogens with two attached hydrogens (primary N) is 1. The van der Waals surface area contributed by atoms with Gasteiger partial charge in [0.15, 0.2) is 11.6 Å². The van der Waals surface area contributed by atoms with E-state index in [2.05, 4.69) is 12.1 Å². The molecule has 1 aromatic carbocycles. The van der Waals surface area contributed by atoms with Gasteiger partial charge in [0, 0.05) is 6.07 Å². The second kappa shape index (κ2) is 4.49. The maximum Gasteiger partial charge on any atom is 0.172 e. The molecule has 2 rings (SSSR count). The van der Waals surface area contributed by atoms with E-state index in [1.54, 1.807) is 6.07 Å². The third-order valence-corrected chi connectivity index (χ3v) is 2.76. The summed E-state index contributed by atoms with van der Waals surface area (Å²) in [5.74, 6) is 1.85. The number of anilines is 1. The summed E-state index contributed by atoms with van der Waals surface area (Å²) in [4.78, 5) is 0. The van der Waals surface area contributed by atoms with E-state index in [-0.39, 0.29) is 0 Å². The largest absolute Gasteiger partial charge is 0.493 e. The molecule has 4 nitrogen and oxygen atoms in total. The molecule has 90 valence electrons. The lowest BCUT2D eigenvalue weighted by Crippen LogP contribution is -1.98. The molecular weight excluding hydrogens is 216 g/mol. The van der Waals surface area contributed by atoms with Crippen molar-refractivity contribution in [1.82, 2.24) is 5.16 Å². The Morgan fingerprint density at radius 2 is 2.12 bits per heavy atom. The van der Waals surface area contributed by atoms with Crippen molar-refractivity contribution in [2.45, 2.75) is 20.8 Å². The van der Waals surface area contributed by atoms with Crippen LogP contribution in [0.3, 0.4) is 0 Å². The number of nitrogens with zero attached hydrogens (tertiary/aromatic N) is 1. The van der Waals surface area contributed by atoms with Gasteiger partial charge in [0.2, 0.25) is 0 Å². The van der Waals surface area contributed by atoms with Gasteiger partial charge in [-0.05, 0) is 38.0 Å². The van der Waals surface area contributed by atoms with Crippen molar-refractivity contribution in [2.24, 2.45) is 0 Å². The highest BCUT2D eigenvalue weighted by Crippen LogP contribution is 2.35. The number of benzene rings is 1. The predicted octanol–water partition coefficient (Wildman–Crippen LogP) is 2.94. The van der Waals surface area contributed by atoms with Crippen LogP contribution in [0.2, 0.25) is 0 Å². The van der Waals surface area contributed by atoms with E-state index < -0.39 is 0 Å². The van der Waals surface area contributed by atoms with Crippen molar-refractivity contribution in [1.29, 1.82) is 0 Å². The number of nitrogen functional groups attached to an aromatic ring is 1. The molecule has 0 unspecified atom stereocenters. The molecule has 1 aromatic heterocycles. The van der Waals surface area contributed by atoms with E-state index >= 15 is 0 Å². The molecule has 0 radical (unpaired) electrons. The lowest BCUT2D eigenvalue weighted by atomic mass is 10.0. The van der Waals surface area contributed by atoms with Crippen LogP contribution in [0.5, 0.6) is 5.75 Å². The Kier molecular flexibility index (Phi) is 3.04. The fourth-order valence-corrected chi connectivity index (χ4v) is 1.73. The molecule has 0 saturated heterocycles. The molecular formula is C13H16N2O2. The highest BCUT2D eigenvalue weighted by Gasteiger charge is 2.14. The van der Waals surface area contributed by atoms with E-state index in [1.165, 1.54) is 5.56 Å². The molecule has 0 bridgehead atoms. The first kappa shape index (κ1) is 11.5. The van der Waals surface area contributed by atoms with Crippen LogP contribution in [0.1, 0.15) is 18.1 Å². The predicted molar refractivity (Wildman–Crippen MR) is 67.0 cm³/mol. The van der Waals surface area contributed by atoms with E-state index in [9.17, 15) is 0 Å². The van der Waals surface area contributed by atoms with Crippen molar-refractivity contribution in [3.63, 3.8) is 0 Å². The summed E-state index contributed by atoms with van der Waals surface area (Å²) in [6, 6.07) is 5.70. The molecule has 1 heterocycles. The molecule has 4 heteroatoms. The lowest BCUT2D eigenvalue weighted by Gasteiger charge is -2.13. The lowest BCUT2D eigenvalue weighted by molar-refractivity contribution is 0.337. The standard InChI is InChI=1S/C13H16N2O2/c1-4-16-13-9(3)8(2)5-6-10(13)11-7-12(14)15-17-11/h5-7H,4H2,1-3H3,(H2,14,15). The average Bonchev–Trinajstić information content (AvgIpc) is 2.72. The summed E-state index contributed by atoms with van der Waals surface area (Å²) in [5.41, 5.74) is 8.75. The minimum atomic E-state index is 0.376. The van der Waals surface area contributed by atoms with Crippen molar-refractivity contribution in [3.8, 4) is 17.1 Å². The smallest absolute Gasteiger partial charge is 0.172 e. The van der Waals surface area contributed by atoms with Crippen molar-refractivity contribution >= 4 is 5.82 Å². The van der Waals surface area contributed by atoms with Gasteiger partial charge in [0.1, 0.15) is 5.75 Å². The summed E-state index contributed by atoms with van der Waals surface area (Å²) >= 11 is 0. The molecule has 0 aliphatic rings. The van der Waals surface area contributed by atoms with Gasteiger partial charge >= 0.3 is 0 Å². The summed E-state index contributed by atoms with van der Waals surface area (Å²) < 4.78 is 10.9. The Balaban J connectivity index is 2.57. The molecule has 0 saturated carbocycles. The van der Waals surface area contributed by atoms with Gasteiger partial charge in [-0.25, -0.2) is 0 Å². The zero-order valence-electron chi connectivity index (χ0n) is 10.3. The van der Waals surface area contributed by atoms with Gasteiger partial charge in [0.05, 0.1) is 12.2 Å². The Bertz CT molecular complexity index is 532. The van der Waals surface area contributed by atoms with Crippen LogP contribution in [-0.2, 0) is 0 Å². The molecule has 0 amide bonds. The fraction of sp³-hybridized carbons (Fsp3) is 0.308. The van der Waals surface area contributed by atoms with Gasteiger partial charge < -0.3 is 15.0 Å². The quantitative estimate of drug-likeness (QED) is 0.883. The Labute approximate surface area is 100 Å². The van der Waals surface area contributed by atoms with Crippen LogP contribution in [0.4, 0.5) is 5.82 Å². The summed E-state index contributed by atoms with van der Waals surface area (Å²) in [7, 11) is 0. The van der Waals surface area contributed by atoms with Gasteiger partial charge in [-0.3, -0.25) is 0 Å². The first-order valence-corrected chi connectivity index (χ1v) is 5.59. The maximum absolute atomic E-state index is 5.68. The van der Waals surface area contributed by atoms with E-state index in [0.29, 0.717) is 18.2 Å².